The zero-order valence-electron chi connectivity index (χ0n) is 10.6. The van der Waals surface area contributed by atoms with Crippen LogP contribution < -0.4 is 0 Å². The zero-order valence-corrected chi connectivity index (χ0v) is 10.6. The third kappa shape index (κ3) is 2.47. The van der Waals surface area contributed by atoms with E-state index in [1.807, 2.05) is 6.20 Å². The van der Waals surface area contributed by atoms with Crippen LogP contribution in [0.1, 0.15) is 24.1 Å². The summed E-state index contributed by atoms with van der Waals surface area (Å²) in [5.74, 6) is -0.181. The van der Waals surface area contributed by atoms with Gasteiger partial charge in [0.15, 0.2) is 5.65 Å². The van der Waals surface area contributed by atoms with Crippen molar-refractivity contribution in [2.45, 2.75) is 19.3 Å². The summed E-state index contributed by atoms with van der Waals surface area (Å²) in [7, 11) is 0. The molecule has 1 fully saturated rings. The van der Waals surface area contributed by atoms with Gasteiger partial charge in [-0.15, -0.1) is 0 Å². The number of rotatable bonds is 2. The number of fused-ring (bicyclic) bond motifs is 1. The Kier molecular flexibility index (Phi) is 3.22. The maximum atomic E-state index is 12.1. The molecule has 0 amide bonds. The number of carbonyl (C=O) groups is 1. The molecule has 2 aromatic rings. The van der Waals surface area contributed by atoms with Gasteiger partial charge in [-0.1, -0.05) is 0 Å². The third-order valence-corrected chi connectivity index (χ3v) is 3.26. The number of aromatic nitrogens is 4. The Balaban J connectivity index is 1.78. The highest BCUT2D eigenvalue weighted by Crippen LogP contribution is 2.10. The molecule has 0 N–H and O–H groups in total. The summed E-state index contributed by atoms with van der Waals surface area (Å²) in [6.45, 7) is 2.04. The highest BCUT2D eigenvalue weighted by atomic mass is 16.2. The van der Waals surface area contributed by atoms with Crippen molar-refractivity contribution >= 4 is 16.9 Å². The van der Waals surface area contributed by atoms with Crippen LogP contribution in [-0.4, -0.2) is 43.6 Å². The average Bonchev–Trinajstić information content (AvgIpc) is 2.90. The minimum atomic E-state index is -0.181. The van der Waals surface area contributed by atoms with E-state index in [0.29, 0.717) is 5.65 Å². The van der Waals surface area contributed by atoms with Crippen LogP contribution in [0.15, 0.2) is 31.0 Å². The first kappa shape index (κ1) is 11.8. The number of piperidine rings is 1. The molecule has 98 valence electrons. The number of likely N-dealkylation sites (tertiary alicyclic amines) is 1. The van der Waals surface area contributed by atoms with Crippen LogP contribution in [0.25, 0.3) is 11.0 Å². The van der Waals surface area contributed by atoms with Gasteiger partial charge in [-0.05, 0) is 19.3 Å². The molecule has 19 heavy (non-hydrogen) atoms. The number of allylic oxidation sites excluding steroid dienone is 1. The summed E-state index contributed by atoms with van der Waals surface area (Å²) < 4.78 is 1.30. The monoisotopic (exact) mass is 257 g/mol. The average molecular weight is 257 g/mol. The predicted molar refractivity (Wildman–Crippen MR) is 70.5 cm³/mol. The van der Waals surface area contributed by atoms with Crippen molar-refractivity contribution in [3.63, 3.8) is 0 Å². The fourth-order valence-corrected chi connectivity index (χ4v) is 2.25. The van der Waals surface area contributed by atoms with E-state index in [0.717, 1.165) is 18.5 Å². The fourth-order valence-electron chi connectivity index (χ4n) is 2.25. The van der Waals surface area contributed by atoms with Gasteiger partial charge >= 0.3 is 0 Å². The third-order valence-electron chi connectivity index (χ3n) is 3.26. The predicted octanol–water partition coefficient (Wildman–Crippen LogP) is 1.47. The largest absolute Gasteiger partial charge is 0.377 e. The standard InChI is InChI=1S/C13H15N5O/c19-12(4-7-17-5-2-1-3-6-17)18-13-11(9-16-18)8-14-10-15-13/h4,7-10H,1-3,5-6H2. The lowest BCUT2D eigenvalue weighted by molar-refractivity contribution is 0.0956. The maximum Gasteiger partial charge on any atom is 0.274 e. The van der Waals surface area contributed by atoms with E-state index in [-0.39, 0.29) is 5.91 Å². The van der Waals surface area contributed by atoms with Crippen LogP contribution in [-0.2, 0) is 0 Å². The molecular weight excluding hydrogens is 242 g/mol. The number of nitrogens with zero attached hydrogens (tertiary/aromatic N) is 5. The lowest BCUT2D eigenvalue weighted by Gasteiger charge is -2.24. The van der Waals surface area contributed by atoms with E-state index in [4.69, 9.17) is 0 Å². The molecule has 0 atom stereocenters. The Morgan fingerprint density at radius 2 is 2.05 bits per heavy atom. The van der Waals surface area contributed by atoms with Crippen molar-refractivity contribution in [2.24, 2.45) is 0 Å². The molecule has 0 unspecified atom stereocenters. The Bertz CT molecular complexity index is 612. The van der Waals surface area contributed by atoms with E-state index in [1.165, 1.54) is 30.3 Å². The van der Waals surface area contributed by atoms with Crippen molar-refractivity contribution in [2.75, 3.05) is 13.1 Å². The first-order valence-electron chi connectivity index (χ1n) is 6.45. The van der Waals surface area contributed by atoms with Crippen LogP contribution in [0.5, 0.6) is 0 Å². The molecule has 0 bridgehead atoms. The Morgan fingerprint density at radius 1 is 1.21 bits per heavy atom. The highest BCUT2D eigenvalue weighted by molar-refractivity contribution is 5.95. The van der Waals surface area contributed by atoms with Gasteiger partial charge in [0.25, 0.3) is 5.91 Å². The van der Waals surface area contributed by atoms with Crippen molar-refractivity contribution < 1.29 is 4.79 Å². The van der Waals surface area contributed by atoms with Crippen LogP contribution in [0, 0.1) is 0 Å². The maximum absolute atomic E-state index is 12.1. The van der Waals surface area contributed by atoms with Gasteiger partial charge < -0.3 is 4.90 Å². The van der Waals surface area contributed by atoms with Crippen LogP contribution >= 0.6 is 0 Å². The smallest absolute Gasteiger partial charge is 0.274 e. The summed E-state index contributed by atoms with van der Waals surface area (Å²) >= 11 is 0. The lowest BCUT2D eigenvalue weighted by Crippen LogP contribution is -2.24. The van der Waals surface area contributed by atoms with E-state index >= 15 is 0 Å². The number of hydrogen-bond acceptors (Lipinski definition) is 5. The van der Waals surface area contributed by atoms with Crippen molar-refractivity contribution in [3.8, 4) is 0 Å². The van der Waals surface area contributed by atoms with Crippen molar-refractivity contribution in [3.05, 3.63) is 31.0 Å². The van der Waals surface area contributed by atoms with Gasteiger partial charge in [-0.3, -0.25) is 4.79 Å². The second kappa shape index (κ2) is 5.17. The highest BCUT2D eigenvalue weighted by Gasteiger charge is 2.10. The first-order chi connectivity index (χ1) is 9.34. The Hall–Kier alpha value is -2.24. The van der Waals surface area contributed by atoms with Crippen LogP contribution in [0.4, 0.5) is 0 Å². The SMILES string of the molecule is O=C(C=CN1CCCCC1)n1ncc2cncnc21. The number of hydrogen-bond donors (Lipinski definition) is 0. The van der Waals surface area contributed by atoms with E-state index in [1.54, 1.807) is 18.5 Å². The molecule has 1 aliphatic rings. The first-order valence-corrected chi connectivity index (χ1v) is 6.45. The molecular formula is C13H15N5O. The Labute approximate surface area is 110 Å². The van der Waals surface area contributed by atoms with Gasteiger partial charge in [-0.2, -0.15) is 9.78 Å². The van der Waals surface area contributed by atoms with Gasteiger partial charge in [0.2, 0.25) is 0 Å². The summed E-state index contributed by atoms with van der Waals surface area (Å²) in [4.78, 5) is 22.2. The normalized spacial score (nSPS) is 16.3. The molecule has 6 heteroatoms. The summed E-state index contributed by atoms with van der Waals surface area (Å²) in [5, 5.41) is 4.82. The minimum absolute atomic E-state index is 0.181. The fraction of sp³-hybridized carbons (Fsp3) is 0.385. The van der Waals surface area contributed by atoms with Gasteiger partial charge in [0.1, 0.15) is 6.33 Å². The van der Waals surface area contributed by atoms with Crippen molar-refractivity contribution in [1.29, 1.82) is 0 Å². The molecule has 2 aromatic heterocycles. The second-order valence-electron chi connectivity index (χ2n) is 4.61. The second-order valence-corrected chi connectivity index (χ2v) is 4.61. The zero-order chi connectivity index (χ0) is 13.1. The molecule has 0 saturated carbocycles. The van der Waals surface area contributed by atoms with Gasteiger partial charge in [-0.25, -0.2) is 9.97 Å². The number of carbonyl (C=O) groups excluding carboxylic acids is 1. The van der Waals surface area contributed by atoms with E-state index in [9.17, 15) is 4.79 Å². The van der Waals surface area contributed by atoms with Crippen molar-refractivity contribution in [1.82, 2.24) is 24.6 Å². The summed E-state index contributed by atoms with van der Waals surface area (Å²) in [6.07, 6.45) is 11.7. The molecule has 0 aliphatic carbocycles. The van der Waals surface area contributed by atoms with Crippen LogP contribution in [0.2, 0.25) is 0 Å². The topological polar surface area (TPSA) is 63.9 Å². The van der Waals surface area contributed by atoms with Gasteiger partial charge in [0.05, 0.1) is 11.6 Å². The molecule has 0 radical (unpaired) electrons. The summed E-state index contributed by atoms with van der Waals surface area (Å²) in [6, 6.07) is 0. The molecule has 0 spiro atoms. The Morgan fingerprint density at radius 3 is 2.89 bits per heavy atom. The molecule has 3 heterocycles. The minimum Gasteiger partial charge on any atom is -0.377 e. The van der Waals surface area contributed by atoms with Gasteiger partial charge in [0, 0.05) is 31.6 Å². The van der Waals surface area contributed by atoms with Crippen LogP contribution in [0.3, 0.4) is 0 Å². The molecule has 1 aliphatic heterocycles. The molecule has 0 aromatic carbocycles. The lowest BCUT2D eigenvalue weighted by atomic mass is 10.1. The van der Waals surface area contributed by atoms with E-state index in [2.05, 4.69) is 20.0 Å². The quantitative estimate of drug-likeness (QED) is 0.762. The molecule has 6 nitrogen and oxygen atoms in total. The molecule has 3 rings (SSSR count). The van der Waals surface area contributed by atoms with E-state index < -0.39 is 0 Å². The molecule has 1 saturated heterocycles. The summed E-state index contributed by atoms with van der Waals surface area (Å²) in [5.41, 5.74) is 0.545.